The molecule has 5 rings (SSSR count). The molecule has 0 spiro atoms. The molecule has 8 heteroatoms. The van der Waals surface area contributed by atoms with E-state index in [0.29, 0.717) is 23.6 Å². The monoisotopic (exact) mass is 574 g/mol. The van der Waals surface area contributed by atoms with Gasteiger partial charge >= 0.3 is 6.03 Å². The van der Waals surface area contributed by atoms with E-state index in [1.165, 1.54) is 4.90 Å². The second-order valence-electron chi connectivity index (χ2n) is 10.4. The first kappa shape index (κ1) is 29.6. The Morgan fingerprint density at radius 2 is 1.35 bits per heavy atom. The lowest BCUT2D eigenvalue weighted by atomic mass is 10.0. The summed E-state index contributed by atoms with van der Waals surface area (Å²) in [6.45, 7) is 9.78. The number of amides is 3. The predicted octanol–water partition coefficient (Wildman–Crippen LogP) is 5.66. The summed E-state index contributed by atoms with van der Waals surface area (Å²) >= 11 is 0. The number of hydrazine groups is 1. The Morgan fingerprint density at radius 1 is 0.791 bits per heavy atom. The zero-order valence-electron chi connectivity index (χ0n) is 24.5. The first-order valence-electron chi connectivity index (χ1n) is 14.6. The van der Waals surface area contributed by atoms with Crippen LogP contribution in [-0.4, -0.2) is 49.6 Å². The average Bonchev–Trinajstić information content (AvgIpc) is 3.06. The minimum atomic E-state index is -0.418. The van der Waals surface area contributed by atoms with Gasteiger partial charge in [0, 0.05) is 38.4 Å². The second-order valence-corrected chi connectivity index (χ2v) is 10.4. The summed E-state index contributed by atoms with van der Waals surface area (Å²) in [5, 5.41) is 4.15. The minimum absolute atomic E-state index is 0.0266. The van der Waals surface area contributed by atoms with Gasteiger partial charge < -0.3 is 10.2 Å². The maximum absolute atomic E-state index is 13.8. The van der Waals surface area contributed by atoms with E-state index in [4.69, 9.17) is 5.84 Å². The quantitative estimate of drug-likeness (QED) is 0.153. The van der Waals surface area contributed by atoms with Crippen molar-refractivity contribution in [2.24, 2.45) is 5.84 Å². The molecule has 1 aliphatic heterocycles. The van der Waals surface area contributed by atoms with Gasteiger partial charge in [-0.2, -0.15) is 0 Å². The van der Waals surface area contributed by atoms with Gasteiger partial charge in [0.2, 0.25) is 5.91 Å². The highest BCUT2D eigenvalue weighted by Gasteiger charge is 2.30. The predicted molar refractivity (Wildman–Crippen MR) is 175 cm³/mol. The van der Waals surface area contributed by atoms with Crippen molar-refractivity contribution in [3.8, 4) is 0 Å². The Labute approximate surface area is 253 Å². The van der Waals surface area contributed by atoms with Crippen molar-refractivity contribution in [3.63, 3.8) is 0 Å². The van der Waals surface area contributed by atoms with E-state index in [0.717, 1.165) is 48.0 Å². The molecule has 1 unspecified atom stereocenters. The van der Waals surface area contributed by atoms with Crippen LogP contribution >= 0.6 is 0 Å². The fraction of sp³-hybridized carbons (Fsp3) is 0.200. The van der Waals surface area contributed by atoms with Gasteiger partial charge in [0.25, 0.3) is 0 Å². The molecule has 1 heterocycles. The number of likely N-dealkylation sites (N-methyl/N-ethyl adjacent to an activating group) is 1. The maximum Gasteiger partial charge on any atom is 0.347 e. The average molecular weight is 575 g/mol. The third-order valence-corrected chi connectivity index (χ3v) is 7.68. The van der Waals surface area contributed by atoms with Crippen molar-refractivity contribution in [1.29, 1.82) is 0 Å². The van der Waals surface area contributed by atoms with Gasteiger partial charge in [-0.15, -0.1) is 0 Å². The molecule has 1 aliphatic rings. The Kier molecular flexibility index (Phi) is 9.51. The third kappa shape index (κ3) is 6.77. The molecule has 220 valence electrons. The molecule has 0 saturated carbocycles. The number of hydrogen-bond acceptors (Lipinski definition) is 5. The Bertz CT molecular complexity index is 1500. The number of urea groups is 1. The molecule has 43 heavy (non-hydrogen) atoms. The van der Waals surface area contributed by atoms with Gasteiger partial charge in [-0.25, -0.2) is 15.6 Å². The van der Waals surface area contributed by atoms with E-state index in [9.17, 15) is 9.59 Å². The number of anilines is 3. The molecule has 0 aromatic heterocycles. The number of carbonyl (C=O) groups excluding carboxylic acids is 2. The fourth-order valence-corrected chi connectivity index (χ4v) is 5.43. The highest BCUT2D eigenvalue weighted by atomic mass is 16.2. The van der Waals surface area contributed by atoms with Crippen molar-refractivity contribution < 1.29 is 9.59 Å². The van der Waals surface area contributed by atoms with E-state index < -0.39 is 6.03 Å². The van der Waals surface area contributed by atoms with Crippen LogP contribution in [0.2, 0.25) is 0 Å². The van der Waals surface area contributed by atoms with Crippen molar-refractivity contribution >= 4 is 34.7 Å². The van der Waals surface area contributed by atoms with Crippen molar-refractivity contribution in [2.45, 2.75) is 13.0 Å². The molecule has 4 aromatic rings. The molecular weight excluding hydrogens is 536 g/mol. The molecule has 1 saturated heterocycles. The van der Waals surface area contributed by atoms with Crippen LogP contribution in [0.3, 0.4) is 0 Å². The van der Waals surface area contributed by atoms with Crippen molar-refractivity contribution in [3.05, 3.63) is 133 Å². The summed E-state index contributed by atoms with van der Waals surface area (Å²) in [5.74, 6) is 6.45. The molecule has 3 N–H and O–H groups in total. The van der Waals surface area contributed by atoms with Gasteiger partial charge in [-0.3, -0.25) is 14.6 Å². The van der Waals surface area contributed by atoms with E-state index in [-0.39, 0.29) is 11.9 Å². The van der Waals surface area contributed by atoms with Crippen LogP contribution < -0.4 is 26.0 Å². The fourth-order valence-electron chi connectivity index (χ4n) is 5.43. The maximum atomic E-state index is 13.8. The number of nitrogens with zero attached hydrogens (tertiary/aromatic N) is 4. The van der Waals surface area contributed by atoms with Gasteiger partial charge in [0.15, 0.2) is 0 Å². The lowest BCUT2D eigenvalue weighted by molar-refractivity contribution is -0.126. The highest BCUT2D eigenvalue weighted by molar-refractivity contribution is 6.11. The molecule has 4 aromatic carbocycles. The smallest absolute Gasteiger partial charge is 0.347 e. The summed E-state index contributed by atoms with van der Waals surface area (Å²) in [7, 11) is 0. The zero-order chi connectivity index (χ0) is 30.2. The first-order chi connectivity index (χ1) is 21.0. The number of rotatable bonds is 9. The number of hydrogen-bond donors (Lipinski definition) is 2. The summed E-state index contributed by atoms with van der Waals surface area (Å²) < 4.78 is 0. The van der Waals surface area contributed by atoms with Crippen LogP contribution in [0, 0.1) is 0 Å². The number of para-hydroxylation sites is 1. The Morgan fingerprint density at radius 3 is 1.93 bits per heavy atom. The molecular formula is C35H38N6O2. The number of benzene rings is 4. The Hall–Kier alpha value is -4.92. The van der Waals surface area contributed by atoms with Crippen molar-refractivity contribution in [2.75, 3.05) is 47.5 Å². The number of nitrogens with one attached hydrogen (secondary N) is 1. The standard InChI is InChI=1S/C35H38N6O2/c1-3-37-34(42)33(29-15-9-5-10-16-29)39-25-23-38(24-26-39)30-19-21-32(22-20-30)41(36)35(43)40(31-17-11-6-12-18-31)27(2)28-13-7-4-8-14-28/h4-22,33H,2-3,23-26,36H2,1H3,(H,37,42). The topological polar surface area (TPSA) is 85.2 Å². The molecule has 8 nitrogen and oxygen atoms in total. The summed E-state index contributed by atoms with van der Waals surface area (Å²) in [4.78, 5) is 32.8. The van der Waals surface area contributed by atoms with Crippen LogP contribution in [0.5, 0.6) is 0 Å². The largest absolute Gasteiger partial charge is 0.369 e. The molecule has 3 amide bonds. The second kappa shape index (κ2) is 13.8. The molecule has 1 atom stereocenters. The molecule has 1 fully saturated rings. The normalized spacial score (nSPS) is 14.0. The van der Waals surface area contributed by atoms with Crippen LogP contribution in [0.25, 0.3) is 5.70 Å². The summed E-state index contributed by atoms with van der Waals surface area (Å²) in [6, 6.07) is 35.8. The highest BCUT2D eigenvalue weighted by Crippen LogP contribution is 2.29. The lowest BCUT2D eigenvalue weighted by Gasteiger charge is -2.39. The van der Waals surface area contributed by atoms with Crippen LogP contribution in [0.4, 0.5) is 21.9 Å². The summed E-state index contributed by atoms with van der Waals surface area (Å²) in [6.07, 6.45) is 0. The lowest BCUT2D eigenvalue weighted by Crippen LogP contribution is -2.51. The van der Waals surface area contributed by atoms with E-state index >= 15 is 0 Å². The number of carbonyl (C=O) groups is 2. The van der Waals surface area contributed by atoms with Crippen LogP contribution in [-0.2, 0) is 4.79 Å². The molecule has 0 bridgehead atoms. The zero-order valence-corrected chi connectivity index (χ0v) is 24.5. The van der Waals surface area contributed by atoms with Crippen molar-refractivity contribution in [1.82, 2.24) is 10.2 Å². The first-order valence-corrected chi connectivity index (χ1v) is 14.6. The van der Waals surface area contributed by atoms with Gasteiger partial charge in [0.05, 0.1) is 17.1 Å². The summed E-state index contributed by atoms with van der Waals surface area (Å²) in [5.41, 5.74) is 4.63. The van der Waals surface area contributed by atoms with E-state index in [2.05, 4.69) is 21.7 Å². The van der Waals surface area contributed by atoms with Gasteiger partial charge in [0.1, 0.15) is 6.04 Å². The van der Waals surface area contributed by atoms with E-state index in [1.807, 2.05) is 122 Å². The third-order valence-electron chi connectivity index (χ3n) is 7.68. The minimum Gasteiger partial charge on any atom is -0.369 e. The number of nitrogens with two attached hydrogens (primary N) is 1. The Balaban J connectivity index is 1.28. The van der Waals surface area contributed by atoms with Crippen LogP contribution in [0.1, 0.15) is 24.1 Å². The van der Waals surface area contributed by atoms with Gasteiger partial charge in [-0.1, -0.05) is 85.4 Å². The van der Waals surface area contributed by atoms with Gasteiger partial charge in [-0.05, 0) is 54.4 Å². The molecule has 0 radical (unpaired) electrons. The molecule has 0 aliphatic carbocycles. The number of piperazine rings is 1. The van der Waals surface area contributed by atoms with Crippen LogP contribution in [0.15, 0.2) is 122 Å². The van der Waals surface area contributed by atoms with E-state index in [1.54, 1.807) is 0 Å². The SMILES string of the molecule is C=C(c1ccccc1)N(C(=O)N(N)c1ccc(N2CCN(C(C(=O)NCC)c3ccccc3)CC2)cc1)c1ccccc1.